The van der Waals surface area contributed by atoms with E-state index in [0.29, 0.717) is 11.0 Å². The number of ether oxygens (including phenoxy) is 1. The summed E-state index contributed by atoms with van der Waals surface area (Å²) in [5.74, 6) is -4.00. The molecule has 0 saturated carbocycles. The fraction of sp³-hybridized carbons (Fsp3) is 0.333. The topological polar surface area (TPSA) is 164 Å². The SMILES string of the molecule is CC1(C)CN(C2=NC=C(OC(=O)O)C(N)N2c2cc(C(F)(F)F)cc(C(N)=O)c2F)C(=O)N1. The minimum absolute atomic E-state index is 0.0555. The number of urea groups is 1. The van der Waals surface area contributed by atoms with Gasteiger partial charge in [0.15, 0.2) is 11.6 Å². The van der Waals surface area contributed by atoms with Crippen molar-refractivity contribution in [2.24, 2.45) is 16.5 Å². The summed E-state index contributed by atoms with van der Waals surface area (Å²) >= 11 is 0. The van der Waals surface area contributed by atoms with E-state index in [0.717, 1.165) is 11.1 Å². The van der Waals surface area contributed by atoms with Crippen LogP contribution in [0.1, 0.15) is 29.8 Å². The number of benzene rings is 1. The van der Waals surface area contributed by atoms with Gasteiger partial charge in [0.1, 0.15) is 6.17 Å². The number of carboxylic acid groups (broad SMARTS) is 1. The van der Waals surface area contributed by atoms with Crippen LogP contribution in [0.15, 0.2) is 29.1 Å². The molecule has 1 aromatic rings. The Kier molecular flexibility index (Phi) is 5.70. The Hall–Kier alpha value is -3.88. The van der Waals surface area contributed by atoms with E-state index < -0.39 is 70.3 Å². The molecular formula is C18H18F4N6O5. The predicted octanol–water partition coefficient (Wildman–Crippen LogP) is 1.74. The number of alkyl halides is 3. The number of anilines is 1. The summed E-state index contributed by atoms with van der Waals surface area (Å²) in [6, 6.07) is -0.168. The van der Waals surface area contributed by atoms with E-state index in [1.54, 1.807) is 13.8 Å². The number of nitrogens with one attached hydrogen (secondary N) is 1. The van der Waals surface area contributed by atoms with Crippen molar-refractivity contribution in [2.45, 2.75) is 31.7 Å². The van der Waals surface area contributed by atoms with Crippen LogP contribution in [0.3, 0.4) is 0 Å². The van der Waals surface area contributed by atoms with Crippen LogP contribution in [0.5, 0.6) is 0 Å². The molecule has 15 heteroatoms. The molecule has 33 heavy (non-hydrogen) atoms. The van der Waals surface area contributed by atoms with Crippen molar-refractivity contribution < 1.29 is 41.8 Å². The molecule has 0 aliphatic carbocycles. The lowest BCUT2D eigenvalue weighted by Gasteiger charge is -2.37. The number of aliphatic imine (C=N–C) groups is 1. The molecule has 1 fully saturated rings. The summed E-state index contributed by atoms with van der Waals surface area (Å²) < 4.78 is 60.2. The van der Waals surface area contributed by atoms with Gasteiger partial charge >= 0.3 is 18.4 Å². The minimum Gasteiger partial charge on any atom is -0.449 e. The largest absolute Gasteiger partial charge is 0.511 e. The third-order valence-corrected chi connectivity index (χ3v) is 4.69. The molecule has 11 nitrogen and oxygen atoms in total. The zero-order valence-corrected chi connectivity index (χ0v) is 17.1. The molecule has 0 radical (unpaired) electrons. The minimum atomic E-state index is -5.02. The summed E-state index contributed by atoms with van der Waals surface area (Å²) in [6.07, 6.45) is -7.75. The number of hydrogen-bond donors (Lipinski definition) is 4. The lowest BCUT2D eigenvalue weighted by Crippen LogP contribution is -2.56. The number of carbonyl (C=O) groups excluding carboxylic acids is 2. The Morgan fingerprint density at radius 3 is 2.45 bits per heavy atom. The van der Waals surface area contributed by atoms with E-state index in [-0.39, 0.29) is 12.6 Å². The highest BCUT2D eigenvalue weighted by Crippen LogP contribution is 2.37. The second-order valence-electron chi connectivity index (χ2n) is 7.76. The number of amides is 3. The molecule has 178 valence electrons. The maximum absolute atomic E-state index is 15.2. The highest BCUT2D eigenvalue weighted by atomic mass is 19.4. The molecular weight excluding hydrogens is 456 g/mol. The van der Waals surface area contributed by atoms with Gasteiger partial charge in [0.05, 0.1) is 35.1 Å². The maximum Gasteiger partial charge on any atom is 0.511 e. The first-order valence-electron chi connectivity index (χ1n) is 9.16. The van der Waals surface area contributed by atoms with Gasteiger partial charge in [-0.25, -0.2) is 19.0 Å². The smallest absolute Gasteiger partial charge is 0.449 e. The number of hydrogen-bond acceptors (Lipinski definition) is 7. The van der Waals surface area contributed by atoms with Gasteiger partial charge in [0.25, 0.3) is 5.91 Å². The number of nitrogens with two attached hydrogens (primary N) is 2. The van der Waals surface area contributed by atoms with Gasteiger partial charge in [0, 0.05) is 0 Å². The fourth-order valence-electron chi connectivity index (χ4n) is 3.31. The number of halogens is 4. The molecule has 3 amide bonds. The van der Waals surface area contributed by atoms with Crippen LogP contribution < -0.4 is 21.7 Å². The van der Waals surface area contributed by atoms with Gasteiger partial charge in [-0.3, -0.25) is 14.6 Å². The summed E-state index contributed by atoms with van der Waals surface area (Å²) in [6.45, 7) is 3.23. The normalized spacial score (nSPS) is 20.2. The lowest BCUT2D eigenvalue weighted by molar-refractivity contribution is -0.137. The van der Waals surface area contributed by atoms with E-state index >= 15 is 4.39 Å². The summed E-state index contributed by atoms with van der Waals surface area (Å²) in [5, 5.41) is 11.5. The number of guanidine groups is 1. The highest BCUT2D eigenvalue weighted by molar-refractivity contribution is 6.08. The summed E-state index contributed by atoms with van der Waals surface area (Å²) in [7, 11) is 0. The second kappa shape index (κ2) is 7.91. The van der Waals surface area contributed by atoms with Crippen molar-refractivity contribution in [2.75, 3.05) is 11.4 Å². The van der Waals surface area contributed by atoms with Crippen LogP contribution in [0.4, 0.5) is 32.8 Å². The second-order valence-corrected chi connectivity index (χ2v) is 7.76. The fourth-order valence-corrected chi connectivity index (χ4v) is 3.31. The average molecular weight is 474 g/mol. The molecule has 2 aliphatic heterocycles. The molecule has 0 bridgehead atoms. The third kappa shape index (κ3) is 4.52. The Morgan fingerprint density at radius 2 is 1.97 bits per heavy atom. The maximum atomic E-state index is 15.2. The van der Waals surface area contributed by atoms with Crippen LogP contribution in [0.25, 0.3) is 0 Å². The third-order valence-electron chi connectivity index (χ3n) is 4.69. The number of rotatable bonds is 3. The Balaban J connectivity index is 2.25. The van der Waals surface area contributed by atoms with Gasteiger partial charge in [0.2, 0.25) is 5.96 Å². The number of carbonyl (C=O) groups is 3. The van der Waals surface area contributed by atoms with Crippen LogP contribution in [0.2, 0.25) is 0 Å². The number of primary amides is 1. The van der Waals surface area contributed by atoms with Crippen molar-refractivity contribution in [3.05, 3.63) is 41.0 Å². The molecule has 1 saturated heterocycles. The molecule has 0 aromatic heterocycles. The zero-order valence-electron chi connectivity index (χ0n) is 17.1. The Morgan fingerprint density at radius 1 is 1.33 bits per heavy atom. The monoisotopic (exact) mass is 474 g/mol. The van der Waals surface area contributed by atoms with E-state index in [9.17, 15) is 27.6 Å². The van der Waals surface area contributed by atoms with Gasteiger partial charge in [-0.1, -0.05) is 0 Å². The van der Waals surface area contributed by atoms with Crippen LogP contribution in [0, 0.1) is 5.82 Å². The van der Waals surface area contributed by atoms with Gasteiger partial charge < -0.3 is 26.6 Å². The van der Waals surface area contributed by atoms with Crippen molar-refractivity contribution in [3.63, 3.8) is 0 Å². The van der Waals surface area contributed by atoms with E-state index in [1.807, 2.05) is 0 Å². The summed E-state index contributed by atoms with van der Waals surface area (Å²) in [5.41, 5.74) is 6.77. The first kappa shape index (κ1) is 23.8. The quantitative estimate of drug-likeness (QED) is 0.383. The van der Waals surface area contributed by atoms with E-state index in [2.05, 4.69) is 15.0 Å². The first-order chi connectivity index (χ1) is 15.1. The van der Waals surface area contributed by atoms with Gasteiger partial charge in [-0.2, -0.15) is 13.2 Å². The molecule has 2 heterocycles. The molecule has 6 N–H and O–H groups in total. The van der Waals surface area contributed by atoms with Crippen molar-refractivity contribution >= 4 is 29.7 Å². The first-order valence-corrected chi connectivity index (χ1v) is 9.16. The van der Waals surface area contributed by atoms with Crippen LogP contribution in [-0.2, 0) is 10.9 Å². The number of nitrogens with zero attached hydrogens (tertiary/aromatic N) is 3. The lowest BCUT2D eigenvalue weighted by atomic mass is 10.1. The standard InChI is InChI=1S/C18H18F4N6O5/c1-17(2)6-27(15(30)26-17)14-25-5-10(33-16(31)32)12(23)28(14)9-4-7(18(20,21)22)3-8(11(9)19)13(24)29/h3-5,12H,6,23H2,1-2H3,(H2,24,29)(H,26,30)(H,31,32). The Labute approximate surface area is 183 Å². The van der Waals surface area contributed by atoms with Crippen molar-refractivity contribution in [1.82, 2.24) is 10.2 Å². The van der Waals surface area contributed by atoms with E-state index in [4.69, 9.17) is 16.6 Å². The van der Waals surface area contributed by atoms with Gasteiger partial charge in [-0.15, -0.1) is 0 Å². The molecule has 1 unspecified atom stereocenters. The molecule has 1 atom stereocenters. The van der Waals surface area contributed by atoms with Gasteiger partial charge in [-0.05, 0) is 26.0 Å². The highest BCUT2D eigenvalue weighted by Gasteiger charge is 2.44. The average Bonchev–Trinajstić information content (AvgIpc) is 2.94. The van der Waals surface area contributed by atoms with Crippen molar-refractivity contribution in [3.8, 4) is 0 Å². The predicted molar refractivity (Wildman–Crippen MR) is 104 cm³/mol. The zero-order chi connectivity index (χ0) is 24.9. The summed E-state index contributed by atoms with van der Waals surface area (Å²) in [4.78, 5) is 40.6. The van der Waals surface area contributed by atoms with Crippen molar-refractivity contribution in [1.29, 1.82) is 0 Å². The Bertz CT molecular complexity index is 1100. The van der Waals surface area contributed by atoms with E-state index in [1.165, 1.54) is 0 Å². The molecule has 2 aliphatic rings. The molecule has 1 aromatic carbocycles. The van der Waals surface area contributed by atoms with Crippen LogP contribution in [-0.4, -0.2) is 52.3 Å². The molecule has 0 spiro atoms. The molecule has 3 rings (SSSR count). The van der Waals surface area contributed by atoms with Crippen LogP contribution >= 0.6 is 0 Å².